The lowest BCUT2D eigenvalue weighted by Gasteiger charge is -2.32. The number of aryl methyl sites for hydroxylation is 1. The number of hydrogen-bond donors (Lipinski definition) is 1. The zero-order valence-corrected chi connectivity index (χ0v) is 33.9. The van der Waals surface area contributed by atoms with Crippen molar-refractivity contribution in [3.63, 3.8) is 0 Å². The molecule has 4 aliphatic rings. The molecule has 3 heterocycles. The first-order valence-electron chi connectivity index (χ1n) is 19.9. The first-order chi connectivity index (χ1) is 29.3. The highest BCUT2D eigenvalue weighted by Gasteiger charge is 2.51. The molecule has 4 aromatic carbocycles. The highest BCUT2D eigenvalue weighted by Crippen LogP contribution is 2.37. The van der Waals surface area contributed by atoms with Gasteiger partial charge in [0.05, 0.1) is 30.6 Å². The molecule has 9 rings (SSSR count). The van der Waals surface area contributed by atoms with Crippen LogP contribution in [0.3, 0.4) is 0 Å². The van der Waals surface area contributed by atoms with Crippen molar-refractivity contribution < 1.29 is 37.6 Å². The van der Waals surface area contributed by atoms with Crippen molar-refractivity contribution in [2.24, 2.45) is 0 Å². The van der Waals surface area contributed by atoms with Gasteiger partial charge in [-0.15, -0.1) is 5.10 Å². The van der Waals surface area contributed by atoms with Gasteiger partial charge in [-0.1, -0.05) is 41.6 Å². The Bertz CT molecular complexity index is 2890. The number of nitrogens with one attached hydrogen (secondary N) is 1. The highest BCUT2D eigenvalue weighted by atomic mass is 16.7. The molecule has 15 heteroatoms. The second kappa shape index (κ2) is 15.6. The molecule has 0 bridgehead atoms. The van der Waals surface area contributed by atoms with Gasteiger partial charge >= 0.3 is 7.12 Å². The highest BCUT2D eigenvalue weighted by molar-refractivity contribution is 6.62. The van der Waals surface area contributed by atoms with Gasteiger partial charge in [-0.3, -0.25) is 23.9 Å². The predicted octanol–water partition coefficient (Wildman–Crippen LogP) is 5.94. The van der Waals surface area contributed by atoms with E-state index in [1.165, 1.54) is 30.3 Å². The molecule has 1 amide bonds. The lowest BCUT2D eigenvalue weighted by molar-refractivity contribution is 0.00578. The fourth-order valence-corrected chi connectivity index (χ4v) is 7.24. The molecule has 1 N–H and O–H groups in total. The number of fused-ring (bicyclic) bond motifs is 4. The number of carbonyl (C=O) groups excluding carboxylic acids is 3. The molecule has 306 valence electrons. The van der Waals surface area contributed by atoms with Crippen molar-refractivity contribution in [2.75, 3.05) is 6.61 Å². The molecule has 0 unspecified atom stereocenters. The number of amides is 1. The first-order valence-corrected chi connectivity index (χ1v) is 19.9. The van der Waals surface area contributed by atoms with E-state index in [-0.39, 0.29) is 46.8 Å². The van der Waals surface area contributed by atoms with Gasteiger partial charge in [0.25, 0.3) is 5.91 Å². The number of carbonyl (C=O) groups is 3. The predicted molar refractivity (Wildman–Crippen MR) is 224 cm³/mol. The van der Waals surface area contributed by atoms with Crippen LogP contribution < -0.4 is 25.7 Å². The van der Waals surface area contributed by atoms with Crippen LogP contribution in [0.1, 0.15) is 87.6 Å². The van der Waals surface area contributed by atoms with E-state index < -0.39 is 24.2 Å². The van der Waals surface area contributed by atoms with Gasteiger partial charge in [0.2, 0.25) is 0 Å². The Morgan fingerprint density at radius 3 is 2.34 bits per heavy atom. The van der Waals surface area contributed by atoms with Crippen molar-refractivity contribution >= 4 is 41.2 Å². The third kappa shape index (κ3) is 7.80. The van der Waals surface area contributed by atoms with E-state index in [1.807, 2.05) is 58.0 Å². The van der Waals surface area contributed by atoms with Crippen LogP contribution in [-0.4, -0.2) is 62.4 Å². The first kappa shape index (κ1) is 39.5. The fraction of sp³-hybridized carbons (Fsp3) is 0.239. The summed E-state index contributed by atoms with van der Waals surface area (Å²) >= 11 is 0. The van der Waals surface area contributed by atoms with Crippen LogP contribution in [0, 0.1) is 0 Å². The molecule has 1 saturated heterocycles. The standard InChI is InChI=1S/C46H40BN5O9/c1-45(2)46(3,4)61-47(60-45)29-12-10-28(26-58-32-14-17-38-41(23-32)59-40-22-31(53)13-16-37(40)49-38)39(21-29)57-19-7-18-52-25-30(50-51-52)24-48-44(56)27-11-15-35-36(20-27)43(55)34-9-6-5-8-33(34)42(35)54/h5-6,8-17,20-23,25H,7,18-19,24,26H2,1-4H3,(H,48,56). The molecule has 2 aliphatic carbocycles. The summed E-state index contributed by atoms with van der Waals surface area (Å²) in [5.41, 5.74) is 4.08. The third-order valence-corrected chi connectivity index (χ3v) is 11.3. The van der Waals surface area contributed by atoms with Crippen LogP contribution in [0.2, 0.25) is 0 Å². The van der Waals surface area contributed by atoms with E-state index in [2.05, 4.69) is 20.6 Å². The SMILES string of the molecule is CC1(C)OB(c2ccc(COc3ccc4nc5ccc(=O)cc-5oc4c3)c(OCCCn3cc(CNC(=O)c4ccc5c(c4)C(=O)c4ccccc4C5=O)nn3)c2)OC1(C)C. The van der Waals surface area contributed by atoms with Crippen molar-refractivity contribution in [3.8, 4) is 23.0 Å². The normalized spacial score (nSPS) is 15.2. The summed E-state index contributed by atoms with van der Waals surface area (Å²) in [5, 5.41) is 11.3. The van der Waals surface area contributed by atoms with Crippen molar-refractivity contribution in [1.29, 1.82) is 0 Å². The quantitative estimate of drug-likeness (QED) is 0.0875. The van der Waals surface area contributed by atoms with E-state index in [0.717, 1.165) is 11.0 Å². The number of ketones is 2. The van der Waals surface area contributed by atoms with Crippen molar-refractivity contribution in [3.05, 3.63) is 153 Å². The molecule has 1 fully saturated rings. The Labute approximate surface area is 350 Å². The van der Waals surface area contributed by atoms with E-state index in [1.54, 1.807) is 47.3 Å². The Morgan fingerprint density at radius 2 is 1.56 bits per heavy atom. The Hall–Kier alpha value is -6.97. The lowest BCUT2D eigenvalue weighted by Crippen LogP contribution is -2.41. The molecule has 0 saturated carbocycles. The fourth-order valence-electron chi connectivity index (χ4n) is 7.24. The van der Waals surface area contributed by atoms with Gasteiger partial charge in [-0.05, 0) is 81.7 Å². The maximum atomic E-state index is 13.1. The van der Waals surface area contributed by atoms with Crippen LogP contribution in [0.5, 0.6) is 11.5 Å². The van der Waals surface area contributed by atoms with Crippen LogP contribution in [0.25, 0.3) is 22.6 Å². The maximum Gasteiger partial charge on any atom is 0.494 e. The van der Waals surface area contributed by atoms with Gasteiger partial charge in [-0.25, -0.2) is 4.98 Å². The largest absolute Gasteiger partial charge is 0.494 e. The minimum absolute atomic E-state index is 0.108. The van der Waals surface area contributed by atoms with Crippen LogP contribution in [0.15, 0.2) is 112 Å². The summed E-state index contributed by atoms with van der Waals surface area (Å²) in [5.74, 6) is 0.608. The minimum Gasteiger partial charge on any atom is -0.493 e. The van der Waals surface area contributed by atoms with Gasteiger partial charge < -0.3 is 28.5 Å². The molecule has 2 aliphatic heterocycles. The summed E-state index contributed by atoms with van der Waals surface area (Å²) in [6.45, 7) is 9.14. The summed E-state index contributed by atoms with van der Waals surface area (Å²) in [7, 11) is -0.591. The number of nitrogens with zero attached hydrogens (tertiary/aromatic N) is 4. The smallest absolute Gasteiger partial charge is 0.493 e. The summed E-state index contributed by atoms with van der Waals surface area (Å²) in [6, 6.07) is 26.9. The molecule has 0 radical (unpaired) electrons. The van der Waals surface area contributed by atoms with E-state index in [0.29, 0.717) is 70.4 Å². The number of rotatable bonds is 12. The van der Waals surface area contributed by atoms with Gasteiger partial charge in [-0.2, -0.15) is 0 Å². The second-order valence-corrected chi connectivity index (χ2v) is 16.0. The zero-order chi connectivity index (χ0) is 42.5. The second-order valence-electron chi connectivity index (χ2n) is 16.0. The van der Waals surface area contributed by atoms with Gasteiger partial charge in [0.15, 0.2) is 28.3 Å². The average Bonchev–Trinajstić information content (AvgIpc) is 3.80. The Balaban J connectivity index is 0.836. The number of ether oxygens (including phenoxy) is 2. The third-order valence-electron chi connectivity index (χ3n) is 11.3. The zero-order valence-electron chi connectivity index (χ0n) is 33.9. The van der Waals surface area contributed by atoms with E-state index in [4.69, 9.17) is 23.2 Å². The molecule has 1 aromatic heterocycles. The average molecular weight is 818 g/mol. The molecule has 14 nitrogen and oxygen atoms in total. The molecule has 61 heavy (non-hydrogen) atoms. The van der Waals surface area contributed by atoms with Gasteiger partial charge in [0.1, 0.15) is 35.0 Å². The van der Waals surface area contributed by atoms with E-state index >= 15 is 0 Å². The van der Waals surface area contributed by atoms with Gasteiger partial charge in [0, 0.05) is 58.5 Å². The molecular formula is C46H40BN5O9. The topological polar surface area (TPSA) is 174 Å². The summed E-state index contributed by atoms with van der Waals surface area (Å²) in [6.07, 6.45) is 2.33. The van der Waals surface area contributed by atoms with Crippen LogP contribution >= 0.6 is 0 Å². The molecular weight excluding hydrogens is 777 g/mol. The number of hydrogen-bond acceptors (Lipinski definition) is 12. The lowest BCUT2D eigenvalue weighted by atomic mass is 9.78. The van der Waals surface area contributed by atoms with Crippen molar-refractivity contribution in [2.45, 2.75) is 65.0 Å². The van der Waals surface area contributed by atoms with E-state index in [9.17, 15) is 19.2 Å². The molecule has 0 spiro atoms. The summed E-state index contributed by atoms with van der Waals surface area (Å²) in [4.78, 5) is 55.7. The number of aromatic nitrogens is 4. The van der Waals surface area contributed by atoms with Crippen LogP contribution in [-0.2, 0) is 29.0 Å². The molecule has 0 atom stereocenters. The minimum atomic E-state index is -0.591. The summed E-state index contributed by atoms with van der Waals surface area (Å²) < 4.78 is 32.9. The van der Waals surface area contributed by atoms with Crippen LogP contribution in [0.4, 0.5) is 0 Å². The Morgan fingerprint density at radius 1 is 0.803 bits per heavy atom. The number of benzene rings is 5. The molecule has 5 aromatic rings. The monoisotopic (exact) mass is 817 g/mol. The Kier molecular flexibility index (Phi) is 10.1. The van der Waals surface area contributed by atoms with Crippen molar-refractivity contribution in [1.82, 2.24) is 25.3 Å². The maximum absolute atomic E-state index is 13.1.